The third-order valence-electron chi connectivity index (χ3n) is 3.68. The topological polar surface area (TPSA) is 51.1 Å². The number of ether oxygens (including phenoxy) is 1. The number of benzene rings is 1. The molecule has 0 fully saturated rings. The summed E-state index contributed by atoms with van der Waals surface area (Å²) in [7, 11) is 1.88. The Bertz CT molecular complexity index is 746. The van der Waals surface area contributed by atoms with Crippen molar-refractivity contribution in [3.8, 4) is 5.75 Å². The van der Waals surface area contributed by atoms with Gasteiger partial charge in [0.15, 0.2) is 5.11 Å². The summed E-state index contributed by atoms with van der Waals surface area (Å²) in [6.45, 7) is 3.36. The fraction of sp³-hybridized carbons (Fsp3) is 0.375. The van der Waals surface area contributed by atoms with Crippen LogP contribution >= 0.6 is 12.2 Å². The van der Waals surface area contributed by atoms with E-state index in [0.29, 0.717) is 17.3 Å². The maximum atomic E-state index is 12.5. The van der Waals surface area contributed by atoms with Crippen molar-refractivity contribution in [2.75, 3.05) is 5.32 Å². The summed E-state index contributed by atoms with van der Waals surface area (Å²) in [5.41, 5.74) is 4.31. The molecule has 2 aromatic rings. The standard InChI is InChI=1S/C16H20F2N4OS/c1-9-5-6-14(23-15(17)18)13(7-9)20-16(24)19-8-12-10(2)21-22(4)11(12)3/h5-7,15H,8H2,1-4H3,(H2,19,20,24). The molecule has 5 nitrogen and oxygen atoms in total. The Morgan fingerprint density at radius 1 is 1.33 bits per heavy atom. The largest absolute Gasteiger partial charge is 0.433 e. The average Bonchev–Trinajstić information content (AvgIpc) is 2.72. The molecule has 0 aliphatic rings. The van der Waals surface area contributed by atoms with Crippen molar-refractivity contribution >= 4 is 23.0 Å². The van der Waals surface area contributed by atoms with Crippen LogP contribution in [0.4, 0.5) is 14.5 Å². The maximum Gasteiger partial charge on any atom is 0.387 e. The van der Waals surface area contributed by atoms with Gasteiger partial charge >= 0.3 is 6.61 Å². The zero-order chi connectivity index (χ0) is 17.9. The van der Waals surface area contributed by atoms with Gasteiger partial charge in [0.25, 0.3) is 0 Å². The van der Waals surface area contributed by atoms with Crippen LogP contribution in [0, 0.1) is 20.8 Å². The highest BCUT2D eigenvalue weighted by atomic mass is 32.1. The highest BCUT2D eigenvalue weighted by molar-refractivity contribution is 7.80. The van der Waals surface area contributed by atoms with E-state index in [1.165, 1.54) is 6.07 Å². The molecule has 0 atom stereocenters. The van der Waals surface area contributed by atoms with E-state index in [4.69, 9.17) is 12.2 Å². The molecule has 1 aromatic carbocycles. The van der Waals surface area contributed by atoms with E-state index in [1.54, 1.807) is 16.8 Å². The highest BCUT2D eigenvalue weighted by Gasteiger charge is 2.12. The molecule has 2 N–H and O–H groups in total. The molecule has 0 aliphatic heterocycles. The van der Waals surface area contributed by atoms with Crippen molar-refractivity contribution in [3.05, 3.63) is 40.7 Å². The van der Waals surface area contributed by atoms with E-state index in [0.717, 1.165) is 22.5 Å². The molecule has 0 radical (unpaired) electrons. The molecule has 0 amide bonds. The predicted molar refractivity (Wildman–Crippen MR) is 93.6 cm³/mol. The molecule has 0 saturated carbocycles. The first-order chi connectivity index (χ1) is 11.3. The van der Waals surface area contributed by atoms with Crippen LogP contribution in [-0.4, -0.2) is 21.5 Å². The zero-order valence-corrected chi connectivity index (χ0v) is 14.8. The first-order valence-electron chi connectivity index (χ1n) is 7.37. The summed E-state index contributed by atoms with van der Waals surface area (Å²) >= 11 is 5.25. The lowest BCUT2D eigenvalue weighted by molar-refractivity contribution is -0.0493. The van der Waals surface area contributed by atoms with Crippen LogP contribution in [0.1, 0.15) is 22.5 Å². The monoisotopic (exact) mass is 354 g/mol. The second-order valence-electron chi connectivity index (χ2n) is 5.46. The summed E-state index contributed by atoms with van der Waals surface area (Å²) in [5.74, 6) is 0.0495. The minimum Gasteiger partial charge on any atom is -0.433 e. The molecule has 8 heteroatoms. The lowest BCUT2D eigenvalue weighted by atomic mass is 10.2. The van der Waals surface area contributed by atoms with Crippen molar-refractivity contribution in [2.24, 2.45) is 7.05 Å². The number of nitrogens with zero attached hydrogens (tertiary/aromatic N) is 2. The van der Waals surface area contributed by atoms with E-state index in [2.05, 4.69) is 20.5 Å². The first kappa shape index (κ1) is 18.1. The zero-order valence-electron chi connectivity index (χ0n) is 14.0. The molecule has 130 valence electrons. The number of alkyl halides is 2. The van der Waals surface area contributed by atoms with Crippen molar-refractivity contribution in [1.29, 1.82) is 0 Å². The normalized spacial score (nSPS) is 10.8. The van der Waals surface area contributed by atoms with E-state index in [1.807, 2.05) is 27.8 Å². The van der Waals surface area contributed by atoms with Gasteiger partial charge in [0.2, 0.25) is 0 Å². The van der Waals surface area contributed by atoms with Crippen molar-refractivity contribution < 1.29 is 13.5 Å². The smallest absolute Gasteiger partial charge is 0.387 e. The van der Waals surface area contributed by atoms with Gasteiger partial charge in [0.05, 0.1) is 11.4 Å². The van der Waals surface area contributed by atoms with Crippen LogP contribution in [0.5, 0.6) is 5.75 Å². The molecule has 24 heavy (non-hydrogen) atoms. The van der Waals surface area contributed by atoms with Gasteiger partial charge < -0.3 is 15.4 Å². The van der Waals surface area contributed by atoms with Crippen molar-refractivity contribution in [2.45, 2.75) is 33.9 Å². The Morgan fingerprint density at radius 3 is 2.62 bits per heavy atom. The summed E-state index contributed by atoms with van der Waals surface area (Å²) in [6.07, 6.45) is 0. The summed E-state index contributed by atoms with van der Waals surface area (Å²) < 4.78 is 31.3. The second-order valence-corrected chi connectivity index (χ2v) is 5.87. The number of aryl methyl sites for hydroxylation is 3. The Balaban J connectivity index is 2.05. The average molecular weight is 354 g/mol. The van der Waals surface area contributed by atoms with Crippen LogP contribution in [-0.2, 0) is 13.6 Å². The fourth-order valence-corrected chi connectivity index (χ4v) is 2.53. The molecule has 0 aliphatic carbocycles. The lowest BCUT2D eigenvalue weighted by Gasteiger charge is -2.15. The highest BCUT2D eigenvalue weighted by Crippen LogP contribution is 2.27. The first-order valence-corrected chi connectivity index (χ1v) is 7.78. The van der Waals surface area contributed by atoms with E-state index >= 15 is 0 Å². The van der Waals surface area contributed by atoms with Gasteiger partial charge in [0, 0.05) is 24.8 Å². The number of hydrogen-bond donors (Lipinski definition) is 2. The molecular formula is C16H20F2N4OS. The predicted octanol–water partition coefficient (Wildman–Crippen LogP) is 3.43. The molecule has 2 rings (SSSR count). The lowest BCUT2D eigenvalue weighted by Crippen LogP contribution is -2.28. The number of halogens is 2. The van der Waals surface area contributed by atoms with Crippen LogP contribution in [0.25, 0.3) is 0 Å². The number of rotatable bonds is 5. The number of nitrogens with one attached hydrogen (secondary N) is 2. The number of thiocarbonyl (C=S) groups is 1. The fourth-order valence-electron chi connectivity index (χ4n) is 2.35. The molecule has 0 unspecified atom stereocenters. The molecule has 1 heterocycles. The van der Waals surface area contributed by atoms with Crippen LogP contribution < -0.4 is 15.4 Å². The summed E-state index contributed by atoms with van der Waals surface area (Å²) in [4.78, 5) is 0. The quantitative estimate of drug-likeness (QED) is 0.806. The Hall–Kier alpha value is -2.22. The van der Waals surface area contributed by atoms with Crippen LogP contribution in [0.2, 0.25) is 0 Å². The summed E-state index contributed by atoms with van der Waals surface area (Å²) in [6, 6.07) is 4.88. The molecule has 0 bridgehead atoms. The molecule has 0 spiro atoms. The van der Waals surface area contributed by atoms with Crippen LogP contribution in [0.15, 0.2) is 18.2 Å². The maximum absolute atomic E-state index is 12.5. The molecule has 1 aromatic heterocycles. The second kappa shape index (κ2) is 7.57. The van der Waals surface area contributed by atoms with Gasteiger partial charge in [-0.25, -0.2) is 0 Å². The Morgan fingerprint density at radius 2 is 2.04 bits per heavy atom. The number of aromatic nitrogens is 2. The SMILES string of the molecule is Cc1ccc(OC(F)F)c(NC(=S)NCc2c(C)nn(C)c2C)c1. The Kier molecular flexibility index (Phi) is 5.71. The minimum absolute atomic E-state index is 0.0495. The third kappa shape index (κ3) is 4.41. The molecular weight excluding hydrogens is 334 g/mol. The van der Waals surface area contributed by atoms with Gasteiger partial charge in [-0.2, -0.15) is 13.9 Å². The van der Waals surface area contributed by atoms with Gasteiger partial charge in [0.1, 0.15) is 5.75 Å². The van der Waals surface area contributed by atoms with Gasteiger partial charge in [-0.15, -0.1) is 0 Å². The third-order valence-corrected chi connectivity index (χ3v) is 3.93. The van der Waals surface area contributed by atoms with Crippen molar-refractivity contribution in [1.82, 2.24) is 15.1 Å². The van der Waals surface area contributed by atoms with Gasteiger partial charge in [-0.1, -0.05) is 6.07 Å². The van der Waals surface area contributed by atoms with E-state index in [-0.39, 0.29) is 5.75 Å². The Labute approximate surface area is 145 Å². The number of anilines is 1. The number of hydrogen-bond acceptors (Lipinski definition) is 3. The van der Waals surface area contributed by atoms with Gasteiger partial charge in [-0.3, -0.25) is 4.68 Å². The minimum atomic E-state index is -2.89. The van der Waals surface area contributed by atoms with E-state index in [9.17, 15) is 8.78 Å². The van der Waals surface area contributed by atoms with Crippen molar-refractivity contribution in [3.63, 3.8) is 0 Å². The van der Waals surface area contributed by atoms with Crippen LogP contribution in [0.3, 0.4) is 0 Å². The summed E-state index contributed by atoms with van der Waals surface area (Å²) in [5, 5.41) is 10.6. The molecule has 0 saturated heterocycles. The van der Waals surface area contributed by atoms with Gasteiger partial charge in [-0.05, 0) is 50.7 Å². The van der Waals surface area contributed by atoms with E-state index < -0.39 is 6.61 Å².